The third-order valence-electron chi connectivity index (χ3n) is 3.15. The van der Waals surface area contributed by atoms with E-state index in [1.165, 1.54) is 11.3 Å². The van der Waals surface area contributed by atoms with Crippen molar-refractivity contribution in [2.24, 2.45) is 5.73 Å². The van der Waals surface area contributed by atoms with Gasteiger partial charge in [0.2, 0.25) is 0 Å². The second kappa shape index (κ2) is 6.61. The lowest BCUT2D eigenvalue weighted by atomic mass is 10.2. The zero-order chi connectivity index (χ0) is 12.8. The quantitative estimate of drug-likeness (QED) is 0.806. The molecule has 4 heteroatoms. The van der Waals surface area contributed by atoms with E-state index in [0.717, 1.165) is 38.5 Å². The van der Waals surface area contributed by atoms with E-state index in [-0.39, 0.29) is 0 Å². The molecule has 18 heavy (non-hydrogen) atoms. The van der Waals surface area contributed by atoms with Crippen LogP contribution in [0.1, 0.15) is 12.0 Å². The Balaban J connectivity index is 2.04. The van der Waals surface area contributed by atoms with Gasteiger partial charge in [-0.1, -0.05) is 6.07 Å². The first-order chi connectivity index (χ1) is 8.81. The first-order valence-electron chi connectivity index (χ1n) is 6.57. The van der Waals surface area contributed by atoms with Crippen LogP contribution in [0.4, 0.5) is 5.69 Å². The van der Waals surface area contributed by atoms with Crippen LogP contribution in [0.25, 0.3) is 0 Å². The molecule has 0 bridgehead atoms. The lowest BCUT2D eigenvalue weighted by molar-refractivity contribution is 0.122. The van der Waals surface area contributed by atoms with E-state index in [2.05, 4.69) is 30.0 Å². The van der Waals surface area contributed by atoms with Crippen molar-refractivity contribution in [2.45, 2.75) is 13.3 Å². The molecule has 0 amide bonds. The molecule has 0 unspecified atom stereocenters. The first kappa shape index (κ1) is 13.2. The number of hydrogen-bond donors (Lipinski definition) is 1. The molecular formula is C14H22N2O2. The summed E-state index contributed by atoms with van der Waals surface area (Å²) in [6, 6.07) is 6.39. The van der Waals surface area contributed by atoms with Crippen LogP contribution in [0.3, 0.4) is 0 Å². The van der Waals surface area contributed by atoms with Gasteiger partial charge < -0.3 is 20.1 Å². The van der Waals surface area contributed by atoms with Crippen molar-refractivity contribution in [2.75, 3.05) is 44.4 Å². The van der Waals surface area contributed by atoms with E-state index in [1.54, 1.807) is 0 Å². The van der Waals surface area contributed by atoms with Crippen LogP contribution in [0, 0.1) is 6.92 Å². The maximum absolute atomic E-state index is 5.77. The number of hydrogen-bond acceptors (Lipinski definition) is 4. The van der Waals surface area contributed by atoms with Crippen molar-refractivity contribution < 1.29 is 9.47 Å². The van der Waals surface area contributed by atoms with Gasteiger partial charge >= 0.3 is 0 Å². The van der Waals surface area contributed by atoms with Crippen LogP contribution in [0.5, 0.6) is 5.75 Å². The molecule has 1 saturated heterocycles. The first-order valence-corrected chi connectivity index (χ1v) is 6.57. The zero-order valence-electron chi connectivity index (χ0n) is 11.0. The van der Waals surface area contributed by atoms with E-state index in [4.69, 9.17) is 15.2 Å². The molecule has 0 saturated carbocycles. The minimum atomic E-state index is 0.669. The Hall–Kier alpha value is -1.26. The van der Waals surface area contributed by atoms with E-state index in [9.17, 15) is 0 Å². The van der Waals surface area contributed by atoms with E-state index in [1.807, 2.05) is 0 Å². The molecule has 0 atom stereocenters. The molecule has 0 aromatic heterocycles. The molecule has 1 fully saturated rings. The highest BCUT2D eigenvalue weighted by atomic mass is 16.5. The summed E-state index contributed by atoms with van der Waals surface area (Å²) in [6.07, 6.45) is 0.890. The summed E-state index contributed by atoms with van der Waals surface area (Å²) in [5.41, 5.74) is 7.86. The Morgan fingerprint density at radius 1 is 1.33 bits per heavy atom. The minimum absolute atomic E-state index is 0.669. The highest BCUT2D eigenvalue weighted by Crippen LogP contribution is 2.26. The van der Waals surface area contributed by atoms with Crippen LogP contribution in [-0.4, -0.2) is 39.5 Å². The van der Waals surface area contributed by atoms with Gasteiger partial charge in [-0.15, -0.1) is 0 Å². The van der Waals surface area contributed by atoms with Crippen LogP contribution in [0.15, 0.2) is 18.2 Å². The van der Waals surface area contributed by atoms with Gasteiger partial charge in [0.15, 0.2) is 0 Å². The van der Waals surface area contributed by atoms with Gasteiger partial charge in [0.1, 0.15) is 5.75 Å². The Morgan fingerprint density at radius 2 is 2.11 bits per heavy atom. The second-order valence-corrected chi connectivity index (χ2v) is 4.54. The number of rotatable bonds is 5. The highest BCUT2D eigenvalue weighted by molar-refractivity contribution is 5.53. The number of benzene rings is 1. The maximum Gasteiger partial charge on any atom is 0.124 e. The lowest BCUT2D eigenvalue weighted by Crippen LogP contribution is -2.36. The molecule has 1 aromatic rings. The third kappa shape index (κ3) is 3.37. The Labute approximate surface area is 109 Å². The molecule has 1 aliphatic rings. The highest BCUT2D eigenvalue weighted by Gasteiger charge is 2.12. The number of anilines is 1. The predicted octanol–water partition coefficient (Wildman–Crippen LogP) is 1.56. The van der Waals surface area contributed by atoms with Crippen molar-refractivity contribution in [3.05, 3.63) is 23.8 Å². The molecular weight excluding hydrogens is 228 g/mol. The van der Waals surface area contributed by atoms with E-state index in [0.29, 0.717) is 13.2 Å². The zero-order valence-corrected chi connectivity index (χ0v) is 11.0. The Morgan fingerprint density at radius 3 is 2.83 bits per heavy atom. The van der Waals surface area contributed by atoms with E-state index >= 15 is 0 Å². The largest absolute Gasteiger partial charge is 0.493 e. The molecule has 1 aromatic carbocycles. The fourth-order valence-corrected chi connectivity index (χ4v) is 2.03. The fourth-order valence-electron chi connectivity index (χ4n) is 2.03. The normalized spacial score (nSPS) is 15.8. The molecule has 1 aliphatic heterocycles. The van der Waals surface area contributed by atoms with Crippen molar-refractivity contribution in [3.63, 3.8) is 0 Å². The second-order valence-electron chi connectivity index (χ2n) is 4.54. The van der Waals surface area contributed by atoms with Crippen LogP contribution in [0.2, 0.25) is 0 Å². The van der Waals surface area contributed by atoms with Gasteiger partial charge in [-0.05, 0) is 31.5 Å². The molecule has 2 N–H and O–H groups in total. The number of aryl methyl sites for hydroxylation is 1. The number of ether oxygens (including phenoxy) is 2. The summed E-state index contributed by atoms with van der Waals surface area (Å²) in [5.74, 6) is 0.965. The van der Waals surface area contributed by atoms with Gasteiger partial charge in [-0.3, -0.25) is 0 Å². The molecule has 2 rings (SSSR count). The van der Waals surface area contributed by atoms with Gasteiger partial charge in [-0.25, -0.2) is 0 Å². The third-order valence-corrected chi connectivity index (χ3v) is 3.15. The molecule has 100 valence electrons. The maximum atomic E-state index is 5.77. The van der Waals surface area contributed by atoms with Crippen molar-refractivity contribution in [3.8, 4) is 5.75 Å². The van der Waals surface area contributed by atoms with E-state index < -0.39 is 0 Å². The summed E-state index contributed by atoms with van der Waals surface area (Å²) in [4.78, 5) is 2.33. The van der Waals surface area contributed by atoms with Gasteiger partial charge in [0.05, 0.1) is 19.8 Å². The molecule has 0 aliphatic carbocycles. The van der Waals surface area contributed by atoms with Gasteiger partial charge in [0.25, 0.3) is 0 Å². The van der Waals surface area contributed by atoms with Crippen molar-refractivity contribution in [1.82, 2.24) is 0 Å². The molecule has 0 spiro atoms. The summed E-state index contributed by atoms with van der Waals surface area (Å²) in [6.45, 7) is 6.93. The average molecular weight is 250 g/mol. The summed E-state index contributed by atoms with van der Waals surface area (Å²) < 4.78 is 11.1. The Bertz CT molecular complexity index is 376. The number of nitrogens with zero attached hydrogens (tertiary/aromatic N) is 1. The lowest BCUT2D eigenvalue weighted by Gasteiger charge is -2.29. The van der Waals surface area contributed by atoms with Gasteiger partial charge in [-0.2, -0.15) is 0 Å². The Kier molecular flexibility index (Phi) is 4.84. The van der Waals surface area contributed by atoms with Crippen LogP contribution >= 0.6 is 0 Å². The number of morpholine rings is 1. The molecule has 4 nitrogen and oxygen atoms in total. The fraction of sp³-hybridized carbons (Fsp3) is 0.571. The van der Waals surface area contributed by atoms with Crippen molar-refractivity contribution >= 4 is 5.69 Å². The SMILES string of the molecule is Cc1ccc(N2CCOCC2)cc1OCCCN. The average Bonchev–Trinajstić information content (AvgIpc) is 2.42. The van der Waals surface area contributed by atoms with Gasteiger partial charge in [0, 0.05) is 24.8 Å². The molecule has 0 radical (unpaired) electrons. The van der Waals surface area contributed by atoms with Crippen LogP contribution < -0.4 is 15.4 Å². The number of nitrogens with two attached hydrogens (primary N) is 1. The van der Waals surface area contributed by atoms with Crippen LogP contribution in [-0.2, 0) is 4.74 Å². The summed E-state index contributed by atoms with van der Waals surface area (Å²) >= 11 is 0. The minimum Gasteiger partial charge on any atom is -0.493 e. The predicted molar refractivity (Wildman–Crippen MR) is 73.4 cm³/mol. The topological polar surface area (TPSA) is 47.7 Å². The standard InChI is InChI=1S/C14H22N2O2/c1-12-3-4-13(16-6-9-17-10-7-16)11-14(12)18-8-2-5-15/h3-4,11H,2,5-10,15H2,1H3. The summed E-state index contributed by atoms with van der Waals surface area (Å²) in [5, 5.41) is 0. The smallest absolute Gasteiger partial charge is 0.124 e. The van der Waals surface area contributed by atoms with Crippen molar-refractivity contribution in [1.29, 1.82) is 0 Å². The summed E-state index contributed by atoms with van der Waals surface area (Å²) in [7, 11) is 0. The monoisotopic (exact) mass is 250 g/mol. The molecule has 1 heterocycles.